The Bertz CT molecular complexity index is 789. The zero-order chi connectivity index (χ0) is 15.8. The number of hydrogen-bond acceptors (Lipinski definition) is 5. The molecule has 0 spiro atoms. The van der Waals surface area contributed by atoms with Gasteiger partial charge in [-0.15, -0.1) is 14.8 Å². The zero-order valence-electron chi connectivity index (χ0n) is 11.7. The number of rotatable bonds is 0. The fraction of sp³-hybridized carbons (Fsp3) is 0.231. The number of benzene rings is 1. The molecule has 1 aromatic carbocycles. The van der Waals surface area contributed by atoms with Crippen LogP contribution in [0.1, 0.15) is 17.0 Å². The normalized spacial score (nSPS) is 11.6. The Hall–Kier alpha value is -1.77. The van der Waals surface area contributed by atoms with Crippen LogP contribution in [0.2, 0.25) is 0 Å². The van der Waals surface area contributed by atoms with E-state index in [2.05, 4.69) is 47.5 Å². The largest absolute Gasteiger partial charge is 0.356 e. The Morgan fingerprint density at radius 3 is 2.24 bits per heavy atom. The molecule has 0 radical (unpaired) electrons. The molecular weight excluding hydrogens is 298 g/mol. The zero-order valence-corrected chi connectivity index (χ0v) is 12.5. The van der Waals surface area contributed by atoms with E-state index >= 15 is 0 Å². The van der Waals surface area contributed by atoms with Gasteiger partial charge in [0.1, 0.15) is 5.69 Å². The van der Waals surface area contributed by atoms with Crippen molar-refractivity contribution in [1.82, 2.24) is 10.1 Å². The van der Waals surface area contributed by atoms with E-state index < -0.39 is 10.2 Å². The van der Waals surface area contributed by atoms with Gasteiger partial charge >= 0.3 is 5.65 Å². The molecule has 0 unspecified atom stereocenters. The van der Waals surface area contributed by atoms with Gasteiger partial charge < -0.3 is 0 Å². The first kappa shape index (κ1) is 15.6. The van der Waals surface area contributed by atoms with Gasteiger partial charge in [-0.1, -0.05) is 12.1 Å². The van der Waals surface area contributed by atoms with Crippen LogP contribution in [0.3, 0.4) is 0 Å². The van der Waals surface area contributed by atoms with Crippen molar-refractivity contribution in [1.29, 1.82) is 0 Å². The third-order valence-electron chi connectivity index (χ3n) is 3.31. The van der Waals surface area contributed by atoms with Crippen molar-refractivity contribution in [3.63, 3.8) is 0 Å². The van der Waals surface area contributed by atoms with E-state index in [-0.39, 0.29) is 0 Å². The lowest BCUT2D eigenvalue weighted by Crippen LogP contribution is -2.68. The summed E-state index contributed by atoms with van der Waals surface area (Å²) in [5, 5.41) is 4.54. The SMILES string of the molecule is Cc1nc2c3ccccc3[nH][n+]2c(C)c1C.[O-][Cl+3]([O-])([O-])[O-]. The summed E-state index contributed by atoms with van der Waals surface area (Å²) in [6, 6.07) is 8.26. The first-order chi connectivity index (χ1) is 9.68. The molecule has 21 heavy (non-hydrogen) atoms. The van der Waals surface area contributed by atoms with Crippen molar-refractivity contribution in [3.05, 3.63) is 41.2 Å². The molecular formula is C13H14ClN3O4. The minimum atomic E-state index is -4.94. The van der Waals surface area contributed by atoms with Gasteiger partial charge in [0, 0.05) is 19.4 Å². The molecule has 0 saturated heterocycles. The maximum Gasteiger partial charge on any atom is 0.356 e. The fourth-order valence-corrected chi connectivity index (χ4v) is 2.09. The van der Waals surface area contributed by atoms with Crippen molar-refractivity contribution in [2.75, 3.05) is 0 Å². The van der Waals surface area contributed by atoms with Crippen LogP contribution in [-0.2, 0) is 0 Å². The van der Waals surface area contributed by atoms with Crippen LogP contribution in [0.15, 0.2) is 24.3 Å². The van der Waals surface area contributed by atoms with Crippen LogP contribution in [0.25, 0.3) is 16.6 Å². The number of aromatic nitrogens is 3. The minimum absolute atomic E-state index is 1.01. The van der Waals surface area contributed by atoms with Gasteiger partial charge in [-0.05, 0) is 24.0 Å². The quantitative estimate of drug-likeness (QED) is 0.458. The topological polar surface area (TPSA) is 125 Å². The number of halogens is 1. The maximum absolute atomic E-state index is 8.49. The van der Waals surface area contributed by atoms with Gasteiger partial charge in [0.15, 0.2) is 5.69 Å². The molecule has 0 bridgehead atoms. The number of H-pyrrole nitrogens is 1. The molecule has 0 atom stereocenters. The predicted octanol–water partition coefficient (Wildman–Crippen LogP) is -2.53. The van der Waals surface area contributed by atoms with Gasteiger partial charge in [0.25, 0.3) is 0 Å². The van der Waals surface area contributed by atoms with Crippen molar-refractivity contribution >= 4 is 16.6 Å². The second-order valence-corrected chi connectivity index (χ2v) is 5.36. The van der Waals surface area contributed by atoms with E-state index in [1.807, 2.05) is 12.1 Å². The maximum atomic E-state index is 8.49. The molecule has 0 aliphatic rings. The second-order valence-electron chi connectivity index (χ2n) is 4.60. The summed E-state index contributed by atoms with van der Waals surface area (Å²) >= 11 is 0. The molecule has 0 amide bonds. The molecule has 2 heterocycles. The molecule has 2 aromatic heterocycles. The van der Waals surface area contributed by atoms with E-state index in [4.69, 9.17) is 18.6 Å². The highest BCUT2D eigenvalue weighted by atomic mass is 35.7. The first-order valence-electron chi connectivity index (χ1n) is 6.06. The second kappa shape index (κ2) is 5.55. The molecule has 3 rings (SSSR count). The van der Waals surface area contributed by atoms with Crippen LogP contribution in [0, 0.1) is 31.0 Å². The molecule has 0 aliphatic carbocycles. The van der Waals surface area contributed by atoms with Gasteiger partial charge in [0.05, 0.1) is 10.9 Å². The smallest absolute Gasteiger partial charge is 0.223 e. The Labute approximate surface area is 122 Å². The number of hydrogen-bond donors (Lipinski definition) is 1. The van der Waals surface area contributed by atoms with Gasteiger partial charge in [0.2, 0.25) is 0 Å². The van der Waals surface area contributed by atoms with E-state index in [0.29, 0.717) is 0 Å². The number of para-hydroxylation sites is 1. The van der Waals surface area contributed by atoms with Crippen LogP contribution < -0.4 is 23.2 Å². The van der Waals surface area contributed by atoms with Crippen LogP contribution in [0.4, 0.5) is 0 Å². The summed E-state index contributed by atoms with van der Waals surface area (Å²) in [6.07, 6.45) is 0. The highest BCUT2D eigenvalue weighted by Gasteiger charge is 2.18. The van der Waals surface area contributed by atoms with E-state index in [1.54, 1.807) is 0 Å². The third kappa shape index (κ3) is 3.46. The molecule has 112 valence electrons. The average Bonchev–Trinajstić information content (AvgIpc) is 2.73. The molecule has 7 nitrogen and oxygen atoms in total. The Morgan fingerprint density at radius 1 is 1.05 bits per heavy atom. The average molecular weight is 312 g/mol. The van der Waals surface area contributed by atoms with Crippen molar-refractivity contribution in [3.8, 4) is 0 Å². The lowest BCUT2D eigenvalue weighted by Gasteiger charge is -2.17. The Balaban J connectivity index is 0.000000282. The lowest BCUT2D eigenvalue weighted by molar-refractivity contribution is -2.00. The number of fused-ring (bicyclic) bond motifs is 3. The summed E-state index contributed by atoms with van der Waals surface area (Å²) in [5.41, 5.74) is 5.70. The summed E-state index contributed by atoms with van der Waals surface area (Å²) in [5.74, 6) is 0. The standard InChI is InChI=1S/C13H13N3.ClHO4/c1-8-9(2)14-13-11-6-4-5-7-12(11)15-16(13)10(8)3;2-1(3,4)5/h4-7H,1-3H3;(H,2,3,4,5). The third-order valence-corrected chi connectivity index (χ3v) is 3.31. The number of nitrogens with one attached hydrogen (secondary N) is 1. The van der Waals surface area contributed by atoms with E-state index in [9.17, 15) is 0 Å². The van der Waals surface area contributed by atoms with Crippen LogP contribution in [-0.4, -0.2) is 10.1 Å². The van der Waals surface area contributed by atoms with Gasteiger partial charge in [-0.2, -0.15) is 0 Å². The fourth-order valence-electron chi connectivity index (χ4n) is 2.09. The summed E-state index contributed by atoms with van der Waals surface area (Å²) in [6.45, 7) is 6.28. The van der Waals surface area contributed by atoms with Crippen LogP contribution in [0.5, 0.6) is 0 Å². The molecule has 8 heteroatoms. The monoisotopic (exact) mass is 311 g/mol. The highest BCUT2D eigenvalue weighted by molar-refractivity contribution is 5.89. The van der Waals surface area contributed by atoms with Gasteiger partial charge in [-0.25, -0.2) is 23.7 Å². The summed E-state index contributed by atoms with van der Waals surface area (Å²) in [7, 11) is -4.94. The highest BCUT2D eigenvalue weighted by Crippen LogP contribution is 2.16. The lowest BCUT2D eigenvalue weighted by atomic mass is 10.2. The summed E-state index contributed by atoms with van der Waals surface area (Å²) < 4.78 is 36.0. The number of nitrogens with zero attached hydrogens (tertiary/aromatic N) is 2. The molecule has 3 aromatic rings. The van der Waals surface area contributed by atoms with E-state index in [0.717, 1.165) is 16.9 Å². The summed E-state index contributed by atoms with van der Waals surface area (Å²) in [4.78, 5) is 4.66. The Kier molecular flexibility index (Phi) is 4.13. The van der Waals surface area contributed by atoms with Crippen molar-refractivity contribution in [2.24, 2.45) is 0 Å². The molecule has 0 fully saturated rings. The number of aromatic amines is 1. The minimum Gasteiger partial charge on any atom is -0.223 e. The molecule has 0 aliphatic heterocycles. The first-order valence-corrected chi connectivity index (χ1v) is 7.30. The molecule has 0 saturated carbocycles. The van der Waals surface area contributed by atoms with Crippen molar-refractivity contribution in [2.45, 2.75) is 20.8 Å². The predicted molar refractivity (Wildman–Crippen MR) is 63.5 cm³/mol. The Morgan fingerprint density at radius 2 is 1.62 bits per heavy atom. The van der Waals surface area contributed by atoms with Gasteiger partial charge in [-0.3, -0.25) is 0 Å². The number of aryl methyl sites for hydroxylation is 2. The molecule has 1 N–H and O–H groups in total. The van der Waals surface area contributed by atoms with E-state index in [1.165, 1.54) is 16.6 Å². The van der Waals surface area contributed by atoms with Crippen LogP contribution >= 0.6 is 0 Å². The van der Waals surface area contributed by atoms with Crippen molar-refractivity contribution < 1.29 is 33.4 Å².